The topological polar surface area (TPSA) is 83.4 Å². The number of nitrogens with zero attached hydrogens (tertiary/aromatic N) is 5. The Morgan fingerprint density at radius 1 is 1.08 bits per heavy atom. The van der Waals surface area contributed by atoms with E-state index in [1.165, 1.54) is 18.2 Å². The molecule has 2 aromatic carbocycles. The van der Waals surface area contributed by atoms with Gasteiger partial charge in [0.05, 0.1) is 24.1 Å². The normalized spacial score (nSPS) is 11.8. The Morgan fingerprint density at radius 3 is 2.56 bits per heavy atom. The largest absolute Gasteiger partial charge is 0.573 e. The Bertz CT molecular complexity index is 1550. The standard InChI is InChI=1S/C28H28F3N7O/c1-18(2)26-23(16-32-21-10-7-11-22(12-21)39-28(29,30)31)36-38-24(20-14-33-34-15-20)13-25(35-27(26)38)37(3)17-19-8-5-4-6-9-19/h4-15,18,32H,16-17H2,1-3H3,(H,33,34). The molecule has 5 rings (SSSR count). The lowest BCUT2D eigenvalue weighted by Gasteiger charge is -2.20. The van der Waals surface area contributed by atoms with E-state index in [2.05, 4.69) is 51.1 Å². The lowest BCUT2D eigenvalue weighted by Crippen LogP contribution is -2.18. The van der Waals surface area contributed by atoms with Gasteiger partial charge >= 0.3 is 6.36 Å². The molecule has 8 nitrogen and oxygen atoms in total. The van der Waals surface area contributed by atoms with Crippen LogP contribution in [0.2, 0.25) is 0 Å². The van der Waals surface area contributed by atoms with E-state index in [0.717, 1.165) is 33.9 Å². The van der Waals surface area contributed by atoms with Crippen molar-refractivity contribution in [2.45, 2.75) is 39.2 Å². The van der Waals surface area contributed by atoms with E-state index in [1.54, 1.807) is 23.0 Å². The van der Waals surface area contributed by atoms with E-state index in [9.17, 15) is 13.2 Å². The van der Waals surface area contributed by atoms with Crippen LogP contribution in [0.3, 0.4) is 0 Å². The van der Waals surface area contributed by atoms with Crippen molar-refractivity contribution in [3.05, 3.63) is 89.9 Å². The van der Waals surface area contributed by atoms with E-state index >= 15 is 0 Å². The molecular formula is C28H28F3N7O. The average molecular weight is 536 g/mol. The first kappa shape index (κ1) is 26.1. The number of rotatable bonds is 9. The molecule has 0 spiro atoms. The minimum absolute atomic E-state index is 0.0820. The first-order chi connectivity index (χ1) is 18.7. The third-order valence-electron chi connectivity index (χ3n) is 6.24. The highest BCUT2D eigenvalue weighted by Crippen LogP contribution is 2.32. The summed E-state index contributed by atoms with van der Waals surface area (Å²) in [5.74, 6) is 0.570. The number of alkyl halides is 3. The number of anilines is 2. The minimum Gasteiger partial charge on any atom is -0.406 e. The van der Waals surface area contributed by atoms with Gasteiger partial charge in [-0.2, -0.15) is 10.2 Å². The third-order valence-corrected chi connectivity index (χ3v) is 6.24. The molecule has 2 N–H and O–H groups in total. The van der Waals surface area contributed by atoms with Crippen LogP contribution >= 0.6 is 0 Å². The van der Waals surface area contributed by atoms with Crippen LogP contribution < -0.4 is 15.0 Å². The Morgan fingerprint density at radius 2 is 1.87 bits per heavy atom. The molecule has 0 saturated carbocycles. The molecule has 0 aliphatic carbocycles. The Hall–Kier alpha value is -4.54. The Labute approximate surface area is 223 Å². The van der Waals surface area contributed by atoms with Gasteiger partial charge in [-0.25, -0.2) is 9.50 Å². The molecule has 0 bridgehead atoms. The van der Waals surface area contributed by atoms with Gasteiger partial charge in [0, 0.05) is 48.7 Å². The van der Waals surface area contributed by atoms with Crippen LogP contribution in [0, 0.1) is 0 Å². The van der Waals surface area contributed by atoms with E-state index < -0.39 is 6.36 Å². The van der Waals surface area contributed by atoms with E-state index in [1.807, 2.05) is 31.3 Å². The number of benzene rings is 2. The number of fused-ring (bicyclic) bond motifs is 1. The number of hydrogen-bond acceptors (Lipinski definition) is 6. The molecule has 202 valence electrons. The monoisotopic (exact) mass is 535 g/mol. The molecule has 0 amide bonds. The van der Waals surface area contributed by atoms with Gasteiger partial charge in [0.2, 0.25) is 0 Å². The van der Waals surface area contributed by atoms with Crippen molar-refractivity contribution < 1.29 is 17.9 Å². The van der Waals surface area contributed by atoms with Crippen LogP contribution in [0.1, 0.15) is 36.6 Å². The summed E-state index contributed by atoms with van der Waals surface area (Å²) in [4.78, 5) is 7.10. The predicted octanol–water partition coefficient (Wildman–Crippen LogP) is 6.39. The first-order valence-corrected chi connectivity index (χ1v) is 12.4. The summed E-state index contributed by atoms with van der Waals surface area (Å²) in [6.45, 7) is 5.09. The molecule has 0 atom stereocenters. The van der Waals surface area contributed by atoms with Crippen LogP contribution in [-0.4, -0.2) is 38.2 Å². The summed E-state index contributed by atoms with van der Waals surface area (Å²) in [5, 5.41) is 15.1. The summed E-state index contributed by atoms with van der Waals surface area (Å²) < 4.78 is 43.9. The number of aromatic nitrogens is 5. The van der Waals surface area contributed by atoms with E-state index in [-0.39, 0.29) is 18.2 Å². The van der Waals surface area contributed by atoms with E-state index in [0.29, 0.717) is 17.9 Å². The van der Waals surface area contributed by atoms with Gasteiger partial charge in [0.25, 0.3) is 0 Å². The number of ether oxygens (including phenoxy) is 1. The number of nitrogens with one attached hydrogen (secondary N) is 2. The van der Waals surface area contributed by atoms with Crippen LogP contribution in [0.15, 0.2) is 73.1 Å². The highest BCUT2D eigenvalue weighted by molar-refractivity contribution is 5.69. The SMILES string of the molecule is CC(C)c1c(CNc2cccc(OC(F)(F)F)c2)nn2c(-c3cn[nH]c3)cc(N(C)Cc3ccccc3)nc12. The zero-order valence-corrected chi connectivity index (χ0v) is 21.7. The fourth-order valence-corrected chi connectivity index (χ4v) is 4.51. The van der Waals surface area contributed by atoms with Crippen molar-refractivity contribution >= 4 is 17.2 Å². The number of aromatic amines is 1. The fraction of sp³-hybridized carbons (Fsp3) is 0.250. The average Bonchev–Trinajstić information content (AvgIpc) is 3.55. The molecule has 0 radical (unpaired) electrons. The zero-order chi connectivity index (χ0) is 27.6. The second-order valence-corrected chi connectivity index (χ2v) is 9.51. The lowest BCUT2D eigenvalue weighted by molar-refractivity contribution is -0.274. The summed E-state index contributed by atoms with van der Waals surface area (Å²) in [6.07, 6.45) is -1.22. The predicted molar refractivity (Wildman–Crippen MR) is 144 cm³/mol. The van der Waals surface area contributed by atoms with Crippen LogP contribution in [-0.2, 0) is 13.1 Å². The van der Waals surface area contributed by atoms with Crippen molar-refractivity contribution in [3.8, 4) is 17.0 Å². The lowest BCUT2D eigenvalue weighted by atomic mass is 10.0. The molecule has 0 aliphatic heterocycles. The molecule has 0 unspecified atom stereocenters. The van der Waals surface area contributed by atoms with Gasteiger partial charge in [-0.05, 0) is 23.6 Å². The van der Waals surface area contributed by atoms with Gasteiger partial charge in [-0.1, -0.05) is 50.2 Å². The number of hydrogen-bond donors (Lipinski definition) is 2. The summed E-state index contributed by atoms with van der Waals surface area (Å²) in [5.41, 5.74) is 5.71. The van der Waals surface area contributed by atoms with Gasteiger partial charge < -0.3 is 15.0 Å². The number of halogens is 3. The molecule has 11 heteroatoms. The summed E-state index contributed by atoms with van der Waals surface area (Å²) >= 11 is 0. The minimum atomic E-state index is -4.76. The first-order valence-electron chi connectivity index (χ1n) is 12.4. The van der Waals surface area contributed by atoms with Gasteiger partial charge in [-0.15, -0.1) is 13.2 Å². The van der Waals surface area contributed by atoms with Gasteiger partial charge in [-0.3, -0.25) is 5.10 Å². The van der Waals surface area contributed by atoms with Gasteiger partial charge in [0.15, 0.2) is 5.65 Å². The second kappa shape index (κ2) is 10.7. The molecule has 3 aromatic heterocycles. The maximum atomic E-state index is 12.7. The highest BCUT2D eigenvalue weighted by atomic mass is 19.4. The van der Waals surface area contributed by atoms with E-state index in [4.69, 9.17) is 10.1 Å². The molecule has 0 fully saturated rings. The molecule has 5 aromatic rings. The zero-order valence-electron chi connectivity index (χ0n) is 21.7. The van der Waals surface area contributed by atoms with Crippen molar-refractivity contribution in [2.24, 2.45) is 0 Å². The maximum Gasteiger partial charge on any atom is 0.573 e. The highest BCUT2D eigenvalue weighted by Gasteiger charge is 2.31. The van der Waals surface area contributed by atoms with Crippen molar-refractivity contribution in [3.63, 3.8) is 0 Å². The van der Waals surface area contributed by atoms with Crippen molar-refractivity contribution in [2.75, 3.05) is 17.3 Å². The molecule has 0 aliphatic rings. The van der Waals surface area contributed by atoms with Crippen molar-refractivity contribution in [1.29, 1.82) is 0 Å². The fourth-order valence-electron chi connectivity index (χ4n) is 4.51. The second-order valence-electron chi connectivity index (χ2n) is 9.51. The van der Waals surface area contributed by atoms with Crippen molar-refractivity contribution in [1.82, 2.24) is 24.8 Å². The smallest absolute Gasteiger partial charge is 0.406 e. The quantitative estimate of drug-likeness (QED) is 0.228. The molecular weight excluding hydrogens is 507 g/mol. The molecule has 39 heavy (non-hydrogen) atoms. The Balaban J connectivity index is 1.52. The third kappa shape index (κ3) is 5.97. The van der Waals surface area contributed by atoms with Gasteiger partial charge in [0.1, 0.15) is 11.6 Å². The summed E-state index contributed by atoms with van der Waals surface area (Å²) in [7, 11) is 1.99. The summed E-state index contributed by atoms with van der Waals surface area (Å²) in [6, 6.07) is 17.9. The maximum absolute atomic E-state index is 12.7. The number of H-pyrrole nitrogens is 1. The molecule has 3 heterocycles. The Kier molecular flexibility index (Phi) is 7.14. The molecule has 0 saturated heterocycles. The van der Waals surface area contributed by atoms with Crippen LogP contribution in [0.5, 0.6) is 5.75 Å². The van der Waals surface area contributed by atoms with Crippen LogP contribution in [0.4, 0.5) is 24.7 Å². The van der Waals surface area contributed by atoms with Crippen LogP contribution in [0.25, 0.3) is 16.9 Å².